The second-order valence-corrected chi connectivity index (χ2v) is 5.23. The Morgan fingerprint density at radius 2 is 2.00 bits per heavy atom. The zero-order valence-corrected chi connectivity index (χ0v) is 12.0. The van der Waals surface area contributed by atoms with Crippen molar-refractivity contribution >= 4 is 13.8 Å². The van der Waals surface area contributed by atoms with Crippen LogP contribution in [0.25, 0.3) is 0 Å². The number of hydrogen-bond donors (Lipinski definition) is 1. The lowest BCUT2D eigenvalue weighted by Gasteiger charge is -2.37. The van der Waals surface area contributed by atoms with E-state index in [1.54, 1.807) is 20.3 Å². The topological polar surface area (TPSA) is 59.0 Å². The van der Waals surface area contributed by atoms with Crippen LogP contribution in [0.4, 0.5) is 0 Å². The normalized spacial score (nSPS) is 23.1. The van der Waals surface area contributed by atoms with Crippen molar-refractivity contribution in [2.75, 3.05) is 20.8 Å². The molecule has 0 aliphatic carbocycles. The van der Waals surface area contributed by atoms with E-state index in [4.69, 9.17) is 17.3 Å². The third-order valence-corrected chi connectivity index (χ3v) is 4.17. The van der Waals surface area contributed by atoms with Gasteiger partial charge in [-0.15, -0.1) is 0 Å². The molecule has 2 aliphatic rings. The van der Waals surface area contributed by atoms with Crippen molar-refractivity contribution < 1.29 is 19.4 Å². The minimum atomic E-state index is -0.933. The summed E-state index contributed by atoms with van der Waals surface area (Å²) in [6, 6.07) is 3.71. The predicted octanol–water partition coefficient (Wildman–Crippen LogP) is 1.54. The summed E-state index contributed by atoms with van der Waals surface area (Å²) >= 11 is 0. The first-order valence-electron chi connectivity index (χ1n) is 6.79. The molecule has 2 radical (unpaired) electrons. The molecule has 0 fully saturated rings. The SMILES string of the molecule is [B]C1C=C(C(=O)O)N2CCc3cc(OC)c(OC)cc3C12. The van der Waals surface area contributed by atoms with Gasteiger partial charge in [0.1, 0.15) is 5.70 Å². The molecular formula is C15H16BNO4. The van der Waals surface area contributed by atoms with Crippen LogP contribution < -0.4 is 9.47 Å². The Kier molecular flexibility index (Phi) is 3.31. The van der Waals surface area contributed by atoms with E-state index in [0.29, 0.717) is 18.0 Å². The Labute approximate surface area is 124 Å². The van der Waals surface area contributed by atoms with Gasteiger partial charge in [-0.05, 0) is 35.5 Å². The van der Waals surface area contributed by atoms with Gasteiger partial charge in [0.15, 0.2) is 11.5 Å². The van der Waals surface area contributed by atoms with Crippen LogP contribution in [-0.2, 0) is 11.2 Å². The number of benzene rings is 1. The molecule has 0 saturated heterocycles. The molecule has 0 aromatic heterocycles. The molecule has 21 heavy (non-hydrogen) atoms. The van der Waals surface area contributed by atoms with Crippen LogP contribution in [-0.4, -0.2) is 44.6 Å². The van der Waals surface area contributed by atoms with Crippen LogP contribution >= 0.6 is 0 Å². The number of aliphatic carboxylic acids is 1. The Balaban J connectivity index is 2.06. The van der Waals surface area contributed by atoms with Gasteiger partial charge in [0.25, 0.3) is 0 Å². The van der Waals surface area contributed by atoms with E-state index in [1.807, 2.05) is 17.0 Å². The number of rotatable bonds is 3. The van der Waals surface area contributed by atoms with Crippen molar-refractivity contribution in [2.24, 2.45) is 0 Å². The number of carboxylic acids is 1. The number of fused-ring (bicyclic) bond motifs is 3. The molecule has 6 heteroatoms. The summed E-state index contributed by atoms with van der Waals surface area (Å²) < 4.78 is 10.7. The lowest BCUT2D eigenvalue weighted by atomic mass is 9.76. The Morgan fingerprint density at radius 1 is 1.33 bits per heavy atom. The largest absolute Gasteiger partial charge is 0.493 e. The van der Waals surface area contributed by atoms with Crippen molar-refractivity contribution in [3.8, 4) is 11.5 Å². The van der Waals surface area contributed by atoms with Crippen LogP contribution in [0.1, 0.15) is 17.2 Å². The molecule has 1 aromatic carbocycles. The Morgan fingerprint density at radius 3 is 2.62 bits per heavy atom. The maximum absolute atomic E-state index is 11.3. The van der Waals surface area contributed by atoms with Crippen molar-refractivity contribution in [3.05, 3.63) is 35.0 Å². The van der Waals surface area contributed by atoms with Gasteiger partial charge in [-0.25, -0.2) is 4.79 Å². The quantitative estimate of drug-likeness (QED) is 0.854. The van der Waals surface area contributed by atoms with Crippen molar-refractivity contribution in [2.45, 2.75) is 18.3 Å². The van der Waals surface area contributed by atoms with E-state index in [2.05, 4.69) is 0 Å². The maximum atomic E-state index is 11.3. The number of nitrogens with zero attached hydrogens (tertiary/aromatic N) is 1. The molecule has 2 heterocycles. The lowest BCUT2D eigenvalue weighted by Crippen LogP contribution is -2.34. The van der Waals surface area contributed by atoms with Crippen LogP contribution in [0.2, 0.25) is 5.82 Å². The van der Waals surface area contributed by atoms with E-state index in [1.165, 1.54) is 0 Å². The van der Waals surface area contributed by atoms with E-state index < -0.39 is 5.97 Å². The standard InChI is InChI=1S/C15H16BNO4/c1-20-12-5-8-3-4-17-11(15(18)19)7-10(16)14(17)9(8)6-13(12)21-2/h5-7,10,14H,3-4H2,1-2H3,(H,18,19). The molecule has 0 spiro atoms. The van der Waals surface area contributed by atoms with Gasteiger partial charge in [-0.3, -0.25) is 0 Å². The van der Waals surface area contributed by atoms with Crippen molar-refractivity contribution in [3.63, 3.8) is 0 Å². The van der Waals surface area contributed by atoms with Gasteiger partial charge >= 0.3 is 5.97 Å². The minimum absolute atomic E-state index is 0.153. The van der Waals surface area contributed by atoms with Gasteiger partial charge in [0.2, 0.25) is 0 Å². The number of ether oxygens (including phenoxy) is 2. The van der Waals surface area contributed by atoms with E-state index >= 15 is 0 Å². The average Bonchev–Trinajstić information content (AvgIpc) is 2.83. The molecule has 2 aliphatic heterocycles. The first kappa shape index (κ1) is 13.9. The summed E-state index contributed by atoms with van der Waals surface area (Å²) in [5.41, 5.74) is 2.43. The summed E-state index contributed by atoms with van der Waals surface area (Å²) in [6.45, 7) is 0.638. The summed E-state index contributed by atoms with van der Waals surface area (Å²) in [5.74, 6) is 0.0434. The van der Waals surface area contributed by atoms with Crippen LogP contribution in [0, 0.1) is 0 Å². The third-order valence-electron chi connectivity index (χ3n) is 4.17. The fourth-order valence-corrected chi connectivity index (χ4v) is 3.23. The van der Waals surface area contributed by atoms with Crippen molar-refractivity contribution in [1.29, 1.82) is 0 Å². The molecule has 3 rings (SSSR count). The smallest absolute Gasteiger partial charge is 0.351 e. The van der Waals surface area contributed by atoms with Gasteiger partial charge in [-0.2, -0.15) is 0 Å². The molecular weight excluding hydrogens is 269 g/mol. The fourth-order valence-electron chi connectivity index (χ4n) is 3.23. The number of hydrogen-bond acceptors (Lipinski definition) is 4. The molecule has 1 N–H and O–H groups in total. The predicted molar refractivity (Wildman–Crippen MR) is 77.9 cm³/mol. The highest BCUT2D eigenvalue weighted by molar-refractivity contribution is 6.14. The van der Waals surface area contributed by atoms with E-state index in [0.717, 1.165) is 17.5 Å². The van der Waals surface area contributed by atoms with Crippen LogP contribution in [0.15, 0.2) is 23.9 Å². The highest BCUT2D eigenvalue weighted by atomic mass is 16.5. The Bertz CT molecular complexity index is 628. The monoisotopic (exact) mass is 285 g/mol. The first-order chi connectivity index (χ1) is 10.1. The fraction of sp³-hybridized carbons (Fsp3) is 0.400. The number of methoxy groups -OCH3 is 2. The molecule has 2 unspecified atom stereocenters. The molecule has 1 aromatic rings. The number of carbonyl (C=O) groups is 1. The highest BCUT2D eigenvalue weighted by Crippen LogP contribution is 2.47. The molecule has 2 atom stereocenters. The van der Waals surface area contributed by atoms with Crippen molar-refractivity contribution in [1.82, 2.24) is 4.90 Å². The average molecular weight is 285 g/mol. The summed E-state index contributed by atoms with van der Waals surface area (Å²) in [5, 5.41) is 9.29. The zero-order chi connectivity index (χ0) is 15.1. The van der Waals surface area contributed by atoms with E-state index in [9.17, 15) is 9.90 Å². The zero-order valence-electron chi connectivity index (χ0n) is 12.0. The van der Waals surface area contributed by atoms with E-state index in [-0.39, 0.29) is 17.6 Å². The summed E-state index contributed by atoms with van der Waals surface area (Å²) in [4.78, 5) is 13.2. The van der Waals surface area contributed by atoms with Gasteiger partial charge in [0, 0.05) is 6.54 Å². The van der Waals surface area contributed by atoms with Crippen LogP contribution in [0.5, 0.6) is 11.5 Å². The molecule has 0 amide bonds. The summed E-state index contributed by atoms with van der Waals surface area (Å²) in [7, 11) is 9.33. The minimum Gasteiger partial charge on any atom is -0.493 e. The maximum Gasteiger partial charge on any atom is 0.351 e. The van der Waals surface area contributed by atoms with Gasteiger partial charge in [0.05, 0.1) is 28.1 Å². The molecule has 5 nitrogen and oxygen atoms in total. The van der Waals surface area contributed by atoms with Crippen LogP contribution in [0.3, 0.4) is 0 Å². The first-order valence-corrected chi connectivity index (χ1v) is 6.79. The second kappa shape index (κ2) is 5.02. The highest BCUT2D eigenvalue weighted by Gasteiger charge is 2.39. The van der Waals surface area contributed by atoms with Gasteiger partial charge < -0.3 is 19.5 Å². The van der Waals surface area contributed by atoms with Gasteiger partial charge in [-0.1, -0.05) is 6.08 Å². The lowest BCUT2D eigenvalue weighted by molar-refractivity contribution is -0.134. The third kappa shape index (κ3) is 2.06. The Hall–Kier alpha value is -2.11. The number of carboxylic acid groups (broad SMARTS) is 1. The molecule has 0 saturated carbocycles. The second-order valence-electron chi connectivity index (χ2n) is 5.23. The molecule has 0 bridgehead atoms. The summed E-state index contributed by atoms with van der Waals surface area (Å²) in [6.07, 6.45) is 2.38. The molecule has 108 valence electrons.